The molecule has 2 atom stereocenters. The summed E-state index contributed by atoms with van der Waals surface area (Å²) in [5.41, 5.74) is 2.02. The average Bonchev–Trinajstić information content (AvgIpc) is 2.90. The quantitative estimate of drug-likeness (QED) is 0.791. The summed E-state index contributed by atoms with van der Waals surface area (Å²) in [4.78, 5) is 14.4. The van der Waals surface area contributed by atoms with E-state index in [-0.39, 0.29) is 5.91 Å². The van der Waals surface area contributed by atoms with Gasteiger partial charge in [-0.15, -0.1) is 0 Å². The highest BCUT2D eigenvalue weighted by atomic mass is 16.2. The molecule has 1 amide bonds. The van der Waals surface area contributed by atoms with Crippen LogP contribution in [0.5, 0.6) is 0 Å². The molecule has 0 aromatic heterocycles. The molecule has 2 aliphatic heterocycles. The summed E-state index contributed by atoms with van der Waals surface area (Å²) in [5, 5.41) is 3.38. The standard InChI is InChI=1S/C14H18N2O/c1-10-2-4-11(5-3-10)14(17)16-7-6-12-8-15-9-13(12)16/h2-5,12-13,15H,6-9H2,1H3/t12-,13+/m0/s1. The van der Waals surface area contributed by atoms with Gasteiger partial charge in [-0.2, -0.15) is 0 Å². The van der Waals surface area contributed by atoms with Gasteiger partial charge in [0.05, 0.1) is 0 Å². The van der Waals surface area contributed by atoms with Gasteiger partial charge in [0.2, 0.25) is 0 Å². The van der Waals surface area contributed by atoms with Crippen molar-refractivity contribution in [3.05, 3.63) is 35.4 Å². The third-order valence-electron chi connectivity index (χ3n) is 4.00. The van der Waals surface area contributed by atoms with Gasteiger partial charge in [-0.25, -0.2) is 0 Å². The van der Waals surface area contributed by atoms with Crippen LogP contribution in [0.2, 0.25) is 0 Å². The number of carbonyl (C=O) groups is 1. The van der Waals surface area contributed by atoms with Crippen molar-refractivity contribution in [1.29, 1.82) is 0 Å². The summed E-state index contributed by atoms with van der Waals surface area (Å²) in [7, 11) is 0. The van der Waals surface area contributed by atoms with E-state index in [0.717, 1.165) is 31.6 Å². The second-order valence-electron chi connectivity index (χ2n) is 5.14. The molecule has 2 saturated heterocycles. The van der Waals surface area contributed by atoms with E-state index in [1.165, 1.54) is 5.56 Å². The Morgan fingerprint density at radius 3 is 2.82 bits per heavy atom. The number of hydrogen-bond acceptors (Lipinski definition) is 2. The minimum absolute atomic E-state index is 0.196. The van der Waals surface area contributed by atoms with Crippen LogP contribution < -0.4 is 5.32 Å². The maximum atomic E-state index is 12.4. The van der Waals surface area contributed by atoms with E-state index in [9.17, 15) is 4.79 Å². The van der Waals surface area contributed by atoms with Crippen molar-refractivity contribution >= 4 is 5.91 Å². The lowest BCUT2D eigenvalue weighted by Crippen LogP contribution is -2.39. The zero-order valence-corrected chi connectivity index (χ0v) is 10.1. The number of likely N-dealkylation sites (tertiary alicyclic amines) is 1. The molecule has 2 aliphatic rings. The lowest BCUT2D eigenvalue weighted by molar-refractivity contribution is 0.0737. The molecule has 3 rings (SSSR count). The number of aryl methyl sites for hydroxylation is 1. The first-order valence-electron chi connectivity index (χ1n) is 6.34. The Hall–Kier alpha value is -1.35. The molecule has 2 fully saturated rings. The van der Waals surface area contributed by atoms with E-state index >= 15 is 0 Å². The number of nitrogens with zero attached hydrogens (tertiary/aromatic N) is 1. The van der Waals surface area contributed by atoms with E-state index in [1.54, 1.807) is 0 Å². The molecule has 1 aromatic carbocycles. The molecule has 17 heavy (non-hydrogen) atoms. The molecule has 0 unspecified atom stereocenters. The molecular weight excluding hydrogens is 212 g/mol. The van der Waals surface area contributed by atoms with Crippen molar-refractivity contribution in [2.45, 2.75) is 19.4 Å². The van der Waals surface area contributed by atoms with Gasteiger partial charge >= 0.3 is 0 Å². The van der Waals surface area contributed by atoms with Crippen LogP contribution in [0.3, 0.4) is 0 Å². The van der Waals surface area contributed by atoms with Crippen LogP contribution in [0.25, 0.3) is 0 Å². The molecule has 2 heterocycles. The molecule has 90 valence electrons. The summed E-state index contributed by atoms with van der Waals surface area (Å²) < 4.78 is 0. The molecule has 1 aromatic rings. The van der Waals surface area contributed by atoms with Crippen LogP contribution in [0.4, 0.5) is 0 Å². The number of carbonyl (C=O) groups excluding carboxylic acids is 1. The third kappa shape index (κ3) is 1.84. The topological polar surface area (TPSA) is 32.3 Å². The second kappa shape index (κ2) is 4.15. The van der Waals surface area contributed by atoms with Crippen molar-refractivity contribution in [3.8, 4) is 0 Å². The Balaban J connectivity index is 1.80. The van der Waals surface area contributed by atoms with Gasteiger partial charge in [0, 0.05) is 31.2 Å². The highest BCUT2D eigenvalue weighted by Crippen LogP contribution is 2.28. The van der Waals surface area contributed by atoms with Crippen LogP contribution in [-0.2, 0) is 0 Å². The maximum Gasteiger partial charge on any atom is 0.254 e. The zero-order valence-electron chi connectivity index (χ0n) is 10.1. The predicted molar refractivity (Wildman–Crippen MR) is 67.0 cm³/mol. The van der Waals surface area contributed by atoms with Crippen LogP contribution in [0, 0.1) is 12.8 Å². The molecular formula is C14H18N2O. The highest BCUT2D eigenvalue weighted by molar-refractivity contribution is 5.94. The SMILES string of the molecule is Cc1ccc(C(=O)N2CC[C@H]3CNC[C@H]32)cc1. The lowest BCUT2D eigenvalue weighted by atomic mass is 10.0. The average molecular weight is 230 g/mol. The largest absolute Gasteiger partial charge is 0.334 e. The van der Waals surface area contributed by atoms with E-state index < -0.39 is 0 Å². The van der Waals surface area contributed by atoms with Gasteiger partial charge in [0.15, 0.2) is 0 Å². The molecule has 0 saturated carbocycles. The molecule has 0 radical (unpaired) electrons. The summed E-state index contributed by atoms with van der Waals surface area (Å²) in [6.07, 6.45) is 1.15. The van der Waals surface area contributed by atoms with Gasteiger partial charge in [-0.3, -0.25) is 4.79 Å². The highest BCUT2D eigenvalue weighted by Gasteiger charge is 2.39. The Morgan fingerprint density at radius 2 is 2.06 bits per heavy atom. The number of fused-ring (bicyclic) bond motifs is 1. The Labute approximate surface area is 102 Å². The van der Waals surface area contributed by atoms with Crippen molar-refractivity contribution in [2.75, 3.05) is 19.6 Å². The fourth-order valence-corrected chi connectivity index (χ4v) is 2.96. The van der Waals surface area contributed by atoms with E-state index in [2.05, 4.69) is 10.2 Å². The molecule has 3 heteroatoms. The first-order valence-corrected chi connectivity index (χ1v) is 6.34. The molecule has 3 nitrogen and oxygen atoms in total. The fraction of sp³-hybridized carbons (Fsp3) is 0.500. The summed E-state index contributed by atoms with van der Waals surface area (Å²) >= 11 is 0. The van der Waals surface area contributed by atoms with Crippen LogP contribution >= 0.6 is 0 Å². The lowest BCUT2D eigenvalue weighted by Gasteiger charge is -2.23. The van der Waals surface area contributed by atoms with E-state index in [0.29, 0.717) is 12.0 Å². The van der Waals surface area contributed by atoms with Gasteiger partial charge < -0.3 is 10.2 Å². The van der Waals surface area contributed by atoms with Gasteiger partial charge in [-0.05, 0) is 31.4 Å². The third-order valence-corrected chi connectivity index (χ3v) is 4.00. The number of benzene rings is 1. The van der Waals surface area contributed by atoms with Crippen molar-refractivity contribution in [1.82, 2.24) is 10.2 Å². The van der Waals surface area contributed by atoms with Crippen LogP contribution in [0.15, 0.2) is 24.3 Å². The Kier molecular flexibility index (Phi) is 2.63. The second-order valence-corrected chi connectivity index (χ2v) is 5.14. The normalized spacial score (nSPS) is 27.2. The first kappa shape index (κ1) is 10.8. The van der Waals surface area contributed by atoms with Crippen LogP contribution in [-0.4, -0.2) is 36.5 Å². The summed E-state index contributed by atoms with van der Waals surface area (Å²) in [6.45, 7) is 5.00. The van der Waals surface area contributed by atoms with Crippen molar-refractivity contribution in [2.24, 2.45) is 5.92 Å². The Morgan fingerprint density at radius 1 is 1.29 bits per heavy atom. The van der Waals surface area contributed by atoms with E-state index in [1.807, 2.05) is 31.2 Å². The molecule has 0 aliphatic carbocycles. The van der Waals surface area contributed by atoms with Gasteiger partial charge in [-0.1, -0.05) is 17.7 Å². The molecule has 1 N–H and O–H groups in total. The summed E-state index contributed by atoms with van der Waals surface area (Å²) in [5.74, 6) is 0.866. The smallest absolute Gasteiger partial charge is 0.254 e. The Bertz CT molecular complexity index is 426. The number of amides is 1. The van der Waals surface area contributed by atoms with Crippen LogP contribution in [0.1, 0.15) is 22.3 Å². The first-order chi connectivity index (χ1) is 8.25. The van der Waals surface area contributed by atoms with E-state index in [4.69, 9.17) is 0 Å². The maximum absolute atomic E-state index is 12.4. The molecule has 0 spiro atoms. The van der Waals surface area contributed by atoms with Gasteiger partial charge in [0.25, 0.3) is 5.91 Å². The predicted octanol–water partition coefficient (Wildman–Crippen LogP) is 1.43. The number of hydrogen-bond donors (Lipinski definition) is 1. The van der Waals surface area contributed by atoms with Crippen molar-refractivity contribution < 1.29 is 4.79 Å². The number of rotatable bonds is 1. The van der Waals surface area contributed by atoms with Crippen molar-refractivity contribution in [3.63, 3.8) is 0 Å². The summed E-state index contributed by atoms with van der Waals surface area (Å²) in [6, 6.07) is 8.31. The number of nitrogens with one attached hydrogen (secondary N) is 1. The minimum atomic E-state index is 0.196. The zero-order chi connectivity index (χ0) is 11.8. The fourth-order valence-electron chi connectivity index (χ4n) is 2.96. The monoisotopic (exact) mass is 230 g/mol. The van der Waals surface area contributed by atoms with Gasteiger partial charge in [0.1, 0.15) is 0 Å². The minimum Gasteiger partial charge on any atom is -0.334 e. The molecule has 0 bridgehead atoms.